The molecule has 0 spiro atoms. The van der Waals surface area contributed by atoms with Gasteiger partial charge in [0.05, 0.1) is 6.33 Å². The van der Waals surface area contributed by atoms with Gasteiger partial charge in [0.15, 0.2) is 4.64 Å². The number of nitrogens with zero attached hydrogens (tertiary/aromatic N) is 1. The summed E-state index contributed by atoms with van der Waals surface area (Å²) in [6, 6.07) is 5.27. The largest absolute Gasteiger partial charge is 0.516 e. The van der Waals surface area contributed by atoms with Crippen LogP contribution in [-0.2, 0) is 14.8 Å². The molecule has 0 unspecified atom stereocenters. The SMILES string of the molecule is C=C(C(=O)NS(=O)(=O)C(F)(F)F)c1ccccc1Oc1[nH]cnc(=S)c1F.CO. The topological polar surface area (TPSA) is 121 Å². The van der Waals surface area contributed by atoms with Gasteiger partial charge in [-0.25, -0.2) is 9.71 Å². The first-order valence-electron chi connectivity index (χ1n) is 7.21. The highest BCUT2D eigenvalue weighted by Crippen LogP contribution is 2.30. The van der Waals surface area contributed by atoms with Gasteiger partial charge >= 0.3 is 15.5 Å². The number of hydrogen-bond donors (Lipinski definition) is 3. The number of alkyl halides is 3. The van der Waals surface area contributed by atoms with Crippen LogP contribution < -0.4 is 9.46 Å². The average molecular weight is 455 g/mol. The summed E-state index contributed by atoms with van der Waals surface area (Å²) in [6.07, 6.45) is 1.04. The molecule has 0 saturated heterocycles. The van der Waals surface area contributed by atoms with Gasteiger partial charge in [0, 0.05) is 18.2 Å². The molecular weight excluding hydrogens is 442 g/mol. The van der Waals surface area contributed by atoms with Crippen molar-refractivity contribution in [2.75, 3.05) is 7.11 Å². The Balaban J connectivity index is 0.00000204. The zero-order valence-electron chi connectivity index (χ0n) is 14.4. The molecule has 3 N–H and O–H groups in total. The zero-order chi connectivity index (χ0) is 22.4. The number of sulfonamides is 1. The number of carbonyl (C=O) groups is 1. The van der Waals surface area contributed by atoms with Crippen LogP contribution in [0.25, 0.3) is 5.57 Å². The molecule has 0 fully saturated rings. The van der Waals surface area contributed by atoms with Crippen molar-refractivity contribution in [3.63, 3.8) is 0 Å². The number of aromatic amines is 1. The number of para-hydroxylation sites is 1. The Bertz CT molecular complexity index is 1070. The number of rotatable bonds is 5. The van der Waals surface area contributed by atoms with Crippen LogP contribution in [0, 0.1) is 10.5 Å². The molecule has 0 bridgehead atoms. The number of aromatic nitrogens is 2. The van der Waals surface area contributed by atoms with Crippen molar-refractivity contribution in [1.29, 1.82) is 0 Å². The van der Waals surface area contributed by atoms with Gasteiger partial charge in [0.1, 0.15) is 5.75 Å². The number of ether oxygens (including phenoxy) is 1. The highest BCUT2D eigenvalue weighted by atomic mass is 32.2. The summed E-state index contributed by atoms with van der Waals surface area (Å²) in [5.74, 6) is -3.32. The van der Waals surface area contributed by atoms with E-state index in [0.717, 1.165) is 18.2 Å². The van der Waals surface area contributed by atoms with Crippen LogP contribution in [0.5, 0.6) is 11.6 Å². The molecule has 0 aliphatic rings. The molecule has 1 heterocycles. The first-order valence-corrected chi connectivity index (χ1v) is 9.10. The molecule has 2 aromatic rings. The second-order valence-corrected chi connectivity index (χ2v) is 6.87. The van der Waals surface area contributed by atoms with Crippen molar-refractivity contribution in [3.05, 3.63) is 53.2 Å². The van der Waals surface area contributed by atoms with Crippen molar-refractivity contribution in [2.24, 2.45) is 0 Å². The molecule has 0 aliphatic carbocycles. The number of aliphatic hydroxyl groups excluding tert-OH is 1. The normalized spacial score (nSPS) is 11.1. The Hall–Kier alpha value is -2.84. The third-order valence-electron chi connectivity index (χ3n) is 2.99. The van der Waals surface area contributed by atoms with Gasteiger partial charge in [0.25, 0.3) is 5.91 Å². The quantitative estimate of drug-likeness (QED) is 0.360. The fraction of sp³-hybridized carbons (Fsp3) is 0.133. The minimum Gasteiger partial charge on any atom is -0.437 e. The van der Waals surface area contributed by atoms with Crippen LogP contribution in [0.4, 0.5) is 17.6 Å². The number of nitrogens with one attached hydrogen (secondary N) is 2. The van der Waals surface area contributed by atoms with Crippen molar-refractivity contribution in [3.8, 4) is 11.6 Å². The fourth-order valence-electron chi connectivity index (χ4n) is 1.72. The fourth-order valence-corrected chi connectivity index (χ4v) is 2.35. The monoisotopic (exact) mass is 455 g/mol. The van der Waals surface area contributed by atoms with Crippen molar-refractivity contribution < 1.29 is 40.6 Å². The van der Waals surface area contributed by atoms with Crippen LogP contribution in [0.3, 0.4) is 0 Å². The van der Waals surface area contributed by atoms with Gasteiger partial charge < -0.3 is 14.8 Å². The predicted molar refractivity (Wildman–Crippen MR) is 96.2 cm³/mol. The summed E-state index contributed by atoms with van der Waals surface area (Å²) in [5.41, 5.74) is -6.53. The Labute approximate surface area is 166 Å². The van der Waals surface area contributed by atoms with E-state index in [0.29, 0.717) is 0 Å². The van der Waals surface area contributed by atoms with Gasteiger partial charge in [-0.3, -0.25) is 4.79 Å². The standard InChI is InChI=1S/C14H9F4N3O4S2.CH4O/c1-7(11(22)21-27(23,24)14(16,17)18)8-4-2-3-5-9(8)25-12-10(15)13(26)20-6-19-12;1-2/h2-6H,1H2,(H,21,22)(H,19,20,26);2H,1H3. The van der Waals surface area contributed by atoms with Crippen LogP contribution in [0.1, 0.15) is 5.56 Å². The lowest BCUT2D eigenvalue weighted by atomic mass is 10.1. The van der Waals surface area contributed by atoms with Crippen molar-refractivity contribution >= 4 is 33.7 Å². The summed E-state index contributed by atoms with van der Waals surface area (Å²) in [4.78, 5) is 17.7. The van der Waals surface area contributed by atoms with Crippen LogP contribution in [0.15, 0.2) is 37.2 Å². The maximum atomic E-state index is 13.9. The number of benzene rings is 1. The highest BCUT2D eigenvalue weighted by molar-refractivity contribution is 7.90. The summed E-state index contributed by atoms with van der Waals surface area (Å²) < 4.78 is 78.9. The molecule has 29 heavy (non-hydrogen) atoms. The Morgan fingerprint density at radius 1 is 1.31 bits per heavy atom. The average Bonchev–Trinajstić information content (AvgIpc) is 2.65. The van der Waals surface area contributed by atoms with Crippen molar-refractivity contribution in [1.82, 2.24) is 14.7 Å². The third kappa shape index (κ3) is 5.82. The predicted octanol–water partition coefficient (Wildman–Crippen LogP) is 2.66. The molecule has 0 saturated carbocycles. The van der Waals surface area contributed by atoms with E-state index in [1.165, 1.54) is 24.3 Å². The van der Waals surface area contributed by atoms with Crippen LogP contribution in [0.2, 0.25) is 0 Å². The number of aliphatic hydroxyl groups is 1. The number of amides is 1. The second-order valence-electron chi connectivity index (χ2n) is 4.81. The third-order valence-corrected chi connectivity index (χ3v) is 4.34. The molecule has 1 aromatic heterocycles. The van der Waals surface area contributed by atoms with E-state index in [1.54, 1.807) is 0 Å². The molecule has 1 amide bonds. The first kappa shape index (κ1) is 24.2. The molecule has 14 heteroatoms. The molecule has 158 valence electrons. The molecular formula is C15H13F4N3O5S2. The van der Waals surface area contributed by atoms with E-state index >= 15 is 0 Å². The summed E-state index contributed by atoms with van der Waals surface area (Å²) in [7, 11) is -4.92. The molecule has 0 radical (unpaired) electrons. The van der Waals surface area contributed by atoms with E-state index in [9.17, 15) is 30.8 Å². The number of carbonyl (C=O) groups excluding carboxylic acids is 1. The van der Waals surface area contributed by atoms with Crippen LogP contribution >= 0.6 is 12.2 Å². The van der Waals surface area contributed by atoms with Gasteiger partial charge in [0.2, 0.25) is 11.7 Å². The van der Waals surface area contributed by atoms with E-state index < -0.39 is 43.3 Å². The van der Waals surface area contributed by atoms with Gasteiger partial charge in [-0.1, -0.05) is 37.0 Å². The molecule has 0 atom stereocenters. The maximum absolute atomic E-state index is 13.9. The van der Waals surface area contributed by atoms with Crippen LogP contribution in [-0.4, -0.2) is 42.0 Å². The lowest BCUT2D eigenvalue weighted by Crippen LogP contribution is -2.40. The smallest absolute Gasteiger partial charge is 0.437 e. The van der Waals surface area contributed by atoms with E-state index in [2.05, 4.69) is 28.8 Å². The molecule has 1 aromatic carbocycles. The van der Waals surface area contributed by atoms with Gasteiger partial charge in [-0.05, 0) is 6.07 Å². The van der Waals surface area contributed by atoms with Crippen molar-refractivity contribution in [2.45, 2.75) is 5.51 Å². The summed E-state index contributed by atoms with van der Waals surface area (Å²) in [6.45, 7) is 3.27. The Morgan fingerprint density at radius 2 is 1.90 bits per heavy atom. The molecule has 0 aliphatic heterocycles. The number of halogens is 4. The van der Waals surface area contributed by atoms with Gasteiger partial charge in [-0.15, -0.1) is 0 Å². The minimum atomic E-state index is -5.92. The number of hydrogen-bond acceptors (Lipinski definition) is 7. The zero-order valence-corrected chi connectivity index (χ0v) is 16.1. The Kier molecular flexibility index (Phi) is 7.99. The first-order chi connectivity index (χ1) is 13.4. The van der Waals surface area contributed by atoms with E-state index in [4.69, 9.17) is 9.84 Å². The summed E-state index contributed by atoms with van der Waals surface area (Å²) >= 11 is 4.64. The van der Waals surface area contributed by atoms with E-state index in [-0.39, 0.29) is 11.3 Å². The lowest BCUT2D eigenvalue weighted by molar-refractivity contribution is -0.114. The number of H-pyrrole nitrogens is 1. The summed E-state index contributed by atoms with van der Waals surface area (Å²) in [5, 5.41) is 7.00. The lowest BCUT2D eigenvalue weighted by Gasteiger charge is -2.14. The Morgan fingerprint density at radius 3 is 2.48 bits per heavy atom. The minimum absolute atomic E-state index is 0.178. The van der Waals surface area contributed by atoms with E-state index in [1.807, 2.05) is 0 Å². The van der Waals surface area contributed by atoms with Gasteiger partial charge in [-0.2, -0.15) is 26.0 Å². The maximum Gasteiger partial charge on any atom is 0.516 e. The molecule has 2 rings (SSSR count). The molecule has 8 nitrogen and oxygen atoms in total. The second kappa shape index (κ2) is 9.58. The highest BCUT2D eigenvalue weighted by Gasteiger charge is 2.47.